The largest absolute Gasteiger partial charge is 0.385 e. The zero-order valence-electron chi connectivity index (χ0n) is 45.7. The lowest BCUT2D eigenvalue weighted by molar-refractivity contribution is 0.0545. The van der Waals surface area contributed by atoms with E-state index in [9.17, 15) is 0 Å². The number of methoxy groups -OCH3 is 1. The molecule has 0 rings (SSSR count). The summed E-state index contributed by atoms with van der Waals surface area (Å²) in [4.78, 5) is 4.67. The third kappa shape index (κ3) is 67.5. The fourth-order valence-electron chi connectivity index (χ4n) is 6.83. The van der Waals surface area contributed by atoms with Crippen molar-refractivity contribution in [2.24, 2.45) is 5.92 Å². The van der Waals surface area contributed by atoms with Crippen LogP contribution >= 0.6 is 0 Å². The highest BCUT2D eigenvalue weighted by atomic mass is 16.5. The quantitative estimate of drug-likeness (QED) is 0.0449. The van der Waals surface area contributed by atoms with Crippen LogP contribution in [0.15, 0.2) is 127 Å². The normalized spacial score (nSPS) is 10.4. The van der Waals surface area contributed by atoms with Gasteiger partial charge in [-0.1, -0.05) is 185 Å². The predicted molar refractivity (Wildman–Crippen MR) is 308 cm³/mol. The summed E-state index contributed by atoms with van der Waals surface area (Å²) in [6, 6.07) is 0. The molecule has 0 spiro atoms. The molecule has 0 amide bonds. The van der Waals surface area contributed by atoms with E-state index in [-0.39, 0.29) is 0 Å². The second-order valence-electron chi connectivity index (χ2n) is 17.3. The second kappa shape index (κ2) is 69.8. The van der Waals surface area contributed by atoms with Crippen LogP contribution in [0.25, 0.3) is 0 Å². The van der Waals surface area contributed by atoms with Gasteiger partial charge in [-0.15, -0.1) is 65.8 Å². The third-order valence-electron chi connectivity index (χ3n) is 10.9. The number of ether oxygens (including phenoxy) is 3. The van der Waals surface area contributed by atoms with Gasteiger partial charge in [0.25, 0.3) is 0 Å². The van der Waals surface area contributed by atoms with Crippen molar-refractivity contribution in [2.75, 3.05) is 66.2 Å². The van der Waals surface area contributed by atoms with Crippen molar-refractivity contribution >= 4 is 0 Å². The van der Waals surface area contributed by atoms with Gasteiger partial charge in [-0.05, 0) is 83.2 Å². The van der Waals surface area contributed by atoms with Crippen LogP contribution in [-0.4, -0.2) is 88.2 Å². The number of unbranched alkanes of at least 4 members (excludes halogenated alkanes) is 15. The standard InChI is InChI=1S/C16H30O.C15H28O.C11H21NO.C11H21N.C9H16/c1-4-7-8-9-10-11-12-15-17-16(13-5-2)14-6-3;1-4-7-8-9-10-11-14-16-15(12-5-2)13-6-3;1-4-8-12(9-5-2)10-6-7-11-13-3;1-4-7-8-11-12(9-5-2)10-6-3;1-4-7-8-9(5-2)6-3/h5-6,16H,2-4,7-15H2,1H3;5-6,15H,2-4,7-14H2,1H3;4-5H,1-2,6-11H2,3H3;5-6H,2-4,7-11H2,1H3;5-6,9H,2-4,7-8H2,1H3. The third-order valence-corrected chi connectivity index (χ3v) is 10.9. The monoisotopic (exact) mass is 937 g/mol. The van der Waals surface area contributed by atoms with Crippen LogP contribution in [0.1, 0.15) is 188 Å². The molecule has 0 N–H and O–H groups in total. The maximum absolute atomic E-state index is 5.81. The Balaban J connectivity index is -0.000000243. The van der Waals surface area contributed by atoms with Crippen LogP contribution in [0, 0.1) is 5.92 Å². The summed E-state index contributed by atoms with van der Waals surface area (Å²) in [7, 11) is 1.74. The van der Waals surface area contributed by atoms with E-state index in [2.05, 4.69) is 103 Å². The van der Waals surface area contributed by atoms with Crippen LogP contribution in [-0.2, 0) is 14.2 Å². The number of allylic oxidation sites excluding steroid dienone is 2. The molecule has 0 fully saturated rings. The van der Waals surface area contributed by atoms with Gasteiger partial charge in [0.2, 0.25) is 0 Å². The first-order chi connectivity index (χ1) is 32.7. The van der Waals surface area contributed by atoms with Crippen LogP contribution in [0.4, 0.5) is 0 Å². The maximum Gasteiger partial charge on any atom is 0.0643 e. The van der Waals surface area contributed by atoms with Crippen molar-refractivity contribution in [1.82, 2.24) is 9.80 Å². The Morgan fingerprint density at radius 3 is 0.955 bits per heavy atom. The van der Waals surface area contributed by atoms with Gasteiger partial charge < -0.3 is 14.2 Å². The van der Waals surface area contributed by atoms with Gasteiger partial charge in [0.15, 0.2) is 0 Å². The van der Waals surface area contributed by atoms with Crippen molar-refractivity contribution in [3.63, 3.8) is 0 Å². The van der Waals surface area contributed by atoms with Crippen molar-refractivity contribution in [1.29, 1.82) is 0 Å². The van der Waals surface area contributed by atoms with Crippen molar-refractivity contribution in [3.05, 3.63) is 127 Å². The van der Waals surface area contributed by atoms with Gasteiger partial charge in [0.05, 0.1) is 12.2 Å². The molecule has 0 radical (unpaired) electrons. The summed E-state index contributed by atoms with van der Waals surface area (Å²) in [5.74, 6) is 0.532. The number of nitrogens with zero attached hydrogens (tertiary/aromatic N) is 2. The van der Waals surface area contributed by atoms with Gasteiger partial charge in [0, 0.05) is 53.1 Å². The van der Waals surface area contributed by atoms with E-state index in [0.717, 1.165) is 84.6 Å². The van der Waals surface area contributed by atoms with E-state index in [1.54, 1.807) is 7.11 Å². The molecule has 0 aliphatic rings. The molecule has 5 nitrogen and oxygen atoms in total. The smallest absolute Gasteiger partial charge is 0.0643 e. The first-order valence-electron chi connectivity index (χ1n) is 27.0. The van der Waals surface area contributed by atoms with Gasteiger partial charge in [-0.25, -0.2) is 0 Å². The molecule has 0 aliphatic carbocycles. The Kier molecular flexibility index (Phi) is 76.2. The molecule has 0 aliphatic heterocycles. The summed E-state index contributed by atoms with van der Waals surface area (Å²) in [6.07, 6.45) is 50.9. The molecule has 392 valence electrons. The highest BCUT2D eigenvalue weighted by Crippen LogP contribution is 2.12. The van der Waals surface area contributed by atoms with Gasteiger partial charge in [-0.3, -0.25) is 9.80 Å². The van der Waals surface area contributed by atoms with Crippen molar-refractivity contribution in [3.8, 4) is 0 Å². The Labute approximate surface area is 421 Å². The molecular formula is C62H116N2O3. The molecule has 0 aromatic carbocycles. The molecular weight excluding hydrogens is 821 g/mol. The van der Waals surface area contributed by atoms with Gasteiger partial charge in [-0.2, -0.15) is 0 Å². The van der Waals surface area contributed by atoms with E-state index in [1.165, 1.54) is 135 Å². The molecule has 0 heterocycles. The predicted octanol–water partition coefficient (Wildman–Crippen LogP) is 18.3. The summed E-state index contributed by atoms with van der Waals surface area (Å²) < 4.78 is 16.6. The maximum atomic E-state index is 5.81. The minimum absolute atomic E-state index is 0.296. The summed E-state index contributed by atoms with van der Waals surface area (Å²) in [5.41, 5.74) is 0. The Hall–Kier alpha value is -2.80. The molecule has 0 aromatic heterocycles. The first kappa shape index (κ1) is 73.2. The molecule has 67 heavy (non-hydrogen) atoms. The molecule has 0 unspecified atom stereocenters. The lowest BCUT2D eigenvalue weighted by atomic mass is 10.0. The topological polar surface area (TPSA) is 34.2 Å². The SMILES string of the molecule is C=CC(C=C)CCCC.C=CCC(CC=C)OCCCCCCCC.C=CCC(CC=C)OCCCCCCCCC.C=CCN(CC=C)CCCCC.C=CCN(CC=C)CCCCOC. The lowest BCUT2D eigenvalue weighted by Crippen LogP contribution is -2.25. The Morgan fingerprint density at radius 2 is 0.657 bits per heavy atom. The van der Waals surface area contributed by atoms with Crippen molar-refractivity contribution in [2.45, 2.75) is 200 Å². The lowest BCUT2D eigenvalue weighted by Gasteiger charge is -2.18. The second-order valence-corrected chi connectivity index (χ2v) is 17.3. The van der Waals surface area contributed by atoms with E-state index < -0.39 is 0 Å². The van der Waals surface area contributed by atoms with E-state index in [1.807, 2.05) is 60.8 Å². The van der Waals surface area contributed by atoms with E-state index in [4.69, 9.17) is 14.2 Å². The minimum Gasteiger partial charge on any atom is -0.385 e. The molecule has 0 saturated carbocycles. The van der Waals surface area contributed by atoms with Crippen LogP contribution in [0.5, 0.6) is 0 Å². The van der Waals surface area contributed by atoms with Gasteiger partial charge >= 0.3 is 0 Å². The summed E-state index contributed by atoms with van der Waals surface area (Å²) in [5, 5.41) is 0. The molecule has 0 bridgehead atoms. The molecule has 0 aromatic rings. The highest BCUT2D eigenvalue weighted by Gasteiger charge is 2.05. The van der Waals surface area contributed by atoms with Crippen LogP contribution < -0.4 is 0 Å². The molecule has 0 atom stereocenters. The van der Waals surface area contributed by atoms with E-state index >= 15 is 0 Å². The summed E-state index contributed by atoms with van der Waals surface area (Å²) >= 11 is 0. The fraction of sp³-hybridized carbons (Fsp3) is 0.677. The summed E-state index contributed by atoms with van der Waals surface area (Å²) in [6.45, 7) is 55.0. The molecule has 0 saturated heterocycles. The number of rotatable bonds is 47. The van der Waals surface area contributed by atoms with E-state index in [0.29, 0.717) is 18.1 Å². The number of hydrogen-bond donors (Lipinski definition) is 0. The average molecular weight is 938 g/mol. The number of hydrogen-bond acceptors (Lipinski definition) is 5. The first-order valence-corrected chi connectivity index (χ1v) is 27.0. The van der Waals surface area contributed by atoms with Crippen LogP contribution in [0.3, 0.4) is 0 Å². The Morgan fingerprint density at radius 1 is 0.358 bits per heavy atom. The van der Waals surface area contributed by atoms with Crippen molar-refractivity contribution < 1.29 is 14.2 Å². The van der Waals surface area contributed by atoms with Gasteiger partial charge in [0.1, 0.15) is 0 Å². The Bertz CT molecular complexity index is 1010. The zero-order valence-corrected chi connectivity index (χ0v) is 45.7. The van der Waals surface area contributed by atoms with Crippen LogP contribution in [0.2, 0.25) is 0 Å². The zero-order chi connectivity index (χ0) is 51.1. The molecule has 5 heteroatoms. The highest BCUT2D eigenvalue weighted by molar-refractivity contribution is 4.91. The average Bonchev–Trinajstić information content (AvgIpc) is 3.33. The fourth-order valence-corrected chi connectivity index (χ4v) is 6.83. The minimum atomic E-state index is 0.296.